The molecule has 0 bridgehead atoms. The molecule has 1 unspecified atom stereocenters. The summed E-state index contributed by atoms with van der Waals surface area (Å²) in [5.74, 6) is -2.91. The molecule has 1 aliphatic rings. The molecule has 1 N–H and O–H groups in total. The summed E-state index contributed by atoms with van der Waals surface area (Å²) in [5, 5.41) is 36.9. The summed E-state index contributed by atoms with van der Waals surface area (Å²) in [6.07, 6.45) is 0.158. The maximum absolute atomic E-state index is 12.6. The van der Waals surface area contributed by atoms with Gasteiger partial charge in [0.05, 0.1) is 11.7 Å². The van der Waals surface area contributed by atoms with Gasteiger partial charge in [0.15, 0.2) is 6.04 Å². The maximum Gasteiger partial charge on any atom is 0.271 e. The lowest BCUT2D eigenvalue weighted by Gasteiger charge is -2.28. The van der Waals surface area contributed by atoms with Crippen molar-refractivity contribution >= 4 is 35.1 Å². The zero-order valence-electron chi connectivity index (χ0n) is 14.2. The van der Waals surface area contributed by atoms with Crippen LogP contribution in [-0.2, 0) is 9.59 Å². The minimum absolute atomic E-state index is 0.0358. The number of imide groups is 1. The topological polar surface area (TPSA) is 146 Å². The molecule has 1 aromatic carbocycles. The first-order chi connectivity index (χ1) is 12.8. The van der Waals surface area contributed by atoms with Gasteiger partial charge in [0.2, 0.25) is 0 Å². The van der Waals surface area contributed by atoms with E-state index < -0.39 is 23.8 Å². The van der Waals surface area contributed by atoms with Gasteiger partial charge in [-0.1, -0.05) is 11.6 Å². The summed E-state index contributed by atoms with van der Waals surface area (Å²) < 4.78 is 0. The van der Waals surface area contributed by atoms with Crippen molar-refractivity contribution < 1.29 is 24.6 Å². The molecular weight excluding hydrogens is 376 g/mol. The quantitative estimate of drug-likeness (QED) is 0.560. The number of benzene rings is 1. The van der Waals surface area contributed by atoms with Crippen molar-refractivity contribution in [3.8, 4) is 6.07 Å². The third-order valence-electron chi connectivity index (χ3n) is 3.87. The SMILES string of the molecule is CC1=C(C#N)C(=O)N(CCCO)C(=O)C1N=Nc1ccc(Cl)c(C(=O)[O-])c1. The molecule has 0 spiro atoms. The molecule has 1 aliphatic heterocycles. The van der Waals surface area contributed by atoms with Gasteiger partial charge in [0.25, 0.3) is 11.8 Å². The van der Waals surface area contributed by atoms with Gasteiger partial charge in [-0.15, -0.1) is 0 Å². The normalized spacial score (nSPS) is 17.6. The van der Waals surface area contributed by atoms with Crippen LogP contribution in [0, 0.1) is 11.3 Å². The molecule has 1 aromatic rings. The Morgan fingerprint density at radius 1 is 1.44 bits per heavy atom. The fraction of sp³-hybridized carbons (Fsp3) is 0.294. The van der Waals surface area contributed by atoms with Crippen molar-refractivity contribution in [2.24, 2.45) is 10.2 Å². The number of hydrogen-bond acceptors (Lipinski definition) is 8. The van der Waals surface area contributed by atoms with Gasteiger partial charge >= 0.3 is 0 Å². The fourth-order valence-corrected chi connectivity index (χ4v) is 2.64. The first-order valence-electron chi connectivity index (χ1n) is 7.81. The third-order valence-corrected chi connectivity index (χ3v) is 4.20. The molecule has 0 radical (unpaired) electrons. The van der Waals surface area contributed by atoms with E-state index in [9.17, 15) is 24.8 Å². The largest absolute Gasteiger partial charge is 0.545 e. The second kappa shape index (κ2) is 8.53. The van der Waals surface area contributed by atoms with E-state index in [1.807, 2.05) is 0 Å². The lowest BCUT2D eigenvalue weighted by Crippen LogP contribution is -2.48. The molecule has 1 heterocycles. The Kier molecular flexibility index (Phi) is 6.39. The van der Waals surface area contributed by atoms with E-state index >= 15 is 0 Å². The van der Waals surface area contributed by atoms with E-state index in [0.717, 1.165) is 11.0 Å². The molecule has 0 aromatic heterocycles. The standard InChI is InChI=1S/C17H15ClN4O5/c1-9-12(8-19)15(24)22(5-2-6-23)16(25)14(9)21-20-10-3-4-13(18)11(7-10)17(26)27/h3-4,7,14,23H,2,5-6H2,1H3,(H,26,27)/p-1. The summed E-state index contributed by atoms with van der Waals surface area (Å²) >= 11 is 5.75. The molecule has 0 aliphatic carbocycles. The van der Waals surface area contributed by atoms with Gasteiger partial charge in [-0.25, -0.2) is 0 Å². The van der Waals surface area contributed by atoms with E-state index in [1.165, 1.54) is 19.1 Å². The second-order valence-electron chi connectivity index (χ2n) is 5.61. The highest BCUT2D eigenvalue weighted by atomic mass is 35.5. The molecular formula is C17H14ClN4O5-. The highest BCUT2D eigenvalue weighted by Gasteiger charge is 2.39. The van der Waals surface area contributed by atoms with Gasteiger partial charge in [0.1, 0.15) is 11.6 Å². The van der Waals surface area contributed by atoms with Crippen LogP contribution in [0.2, 0.25) is 5.02 Å². The van der Waals surface area contributed by atoms with E-state index in [-0.39, 0.29) is 47.0 Å². The van der Waals surface area contributed by atoms with Crippen LogP contribution < -0.4 is 5.11 Å². The van der Waals surface area contributed by atoms with Gasteiger partial charge in [0, 0.05) is 23.7 Å². The molecule has 0 fully saturated rings. The lowest BCUT2D eigenvalue weighted by molar-refractivity contribution is -0.255. The van der Waals surface area contributed by atoms with Crippen LogP contribution in [0.25, 0.3) is 0 Å². The summed E-state index contributed by atoms with van der Waals surface area (Å²) in [6.45, 7) is 1.13. The summed E-state index contributed by atoms with van der Waals surface area (Å²) in [6, 6.07) is 4.37. The van der Waals surface area contributed by atoms with Crippen LogP contribution in [0.5, 0.6) is 0 Å². The number of carboxylic acids is 1. The van der Waals surface area contributed by atoms with Crippen LogP contribution in [0.3, 0.4) is 0 Å². The number of aliphatic hydroxyl groups excluding tert-OH is 1. The van der Waals surface area contributed by atoms with Crippen LogP contribution in [-0.4, -0.2) is 47.0 Å². The number of aromatic carboxylic acids is 1. The molecule has 27 heavy (non-hydrogen) atoms. The Bertz CT molecular complexity index is 903. The van der Waals surface area contributed by atoms with Crippen LogP contribution in [0.1, 0.15) is 23.7 Å². The van der Waals surface area contributed by atoms with Gasteiger partial charge < -0.3 is 15.0 Å². The molecule has 10 heteroatoms. The number of rotatable bonds is 6. The summed E-state index contributed by atoms with van der Waals surface area (Å²) in [7, 11) is 0. The fourth-order valence-electron chi connectivity index (χ4n) is 2.44. The number of carbonyl (C=O) groups excluding carboxylic acids is 3. The molecule has 9 nitrogen and oxygen atoms in total. The number of carboxylic acid groups (broad SMARTS) is 1. The van der Waals surface area contributed by atoms with E-state index in [0.29, 0.717) is 0 Å². The number of halogens is 1. The van der Waals surface area contributed by atoms with Gasteiger partial charge in [-0.05, 0) is 37.1 Å². The minimum atomic E-state index is -1.49. The first kappa shape index (κ1) is 20.2. The Hall–Kier alpha value is -3.09. The predicted octanol–water partition coefficient (Wildman–Crippen LogP) is 0.747. The monoisotopic (exact) mass is 389 g/mol. The number of nitrogens with zero attached hydrogens (tertiary/aromatic N) is 4. The van der Waals surface area contributed by atoms with Crippen molar-refractivity contribution in [3.05, 3.63) is 39.9 Å². The van der Waals surface area contributed by atoms with Gasteiger partial charge in [-0.3, -0.25) is 14.5 Å². The van der Waals surface area contributed by atoms with Crippen molar-refractivity contribution in [1.82, 2.24) is 4.90 Å². The average molecular weight is 390 g/mol. The zero-order chi connectivity index (χ0) is 20.1. The van der Waals surface area contributed by atoms with E-state index in [1.54, 1.807) is 6.07 Å². The van der Waals surface area contributed by atoms with Crippen molar-refractivity contribution in [2.75, 3.05) is 13.2 Å². The highest BCUT2D eigenvalue weighted by Crippen LogP contribution is 2.26. The number of aliphatic hydroxyl groups is 1. The zero-order valence-corrected chi connectivity index (χ0v) is 14.9. The third kappa shape index (κ3) is 4.19. The van der Waals surface area contributed by atoms with Crippen LogP contribution >= 0.6 is 11.6 Å². The lowest BCUT2D eigenvalue weighted by atomic mass is 9.96. The Morgan fingerprint density at radius 2 is 2.15 bits per heavy atom. The van der Waals surface area contributed by atoms with Crippen molar-refractivity contribution in [1.29, 1.82) is 5.26 Å². The number of hydrogen-bond donors (Lipinski definition) is 1. The molecule has 140 valence electrons. The number of azo groups is 1. The highest BCUT2D eigenvalue weighted by molar-refractivity contribution is 6.33. The maximum atomic E-state index is 12.6. The average Bonchev–Trinajstić information content (AvgIpc) is 2.63. The molecule has 1 atom stereocenters. The van der Waals surface area contributed by atoms with Crippen LogP contribution in [0.4, 0.5) is 5.69 Å². The van der Waals surface area contributed by atoms with E-state index in [4.69, 9.17) is 16.7 Å². The Balaban J connectivity index is 2.39. The van der Waals surface area contributed by atoms with Crippen molar-refractivity contribution in [3.63, 3.8) is 0 Å². The molecule has 2 amide bonds. The molecule has 2 rings (SSSR count). The smallest absolute Gasteiger partial charge is 0.271 e. The molecule has 0 saturated heterocycles. The Labute approximate surface area is 159 Å². The van der Waals surface area contributed by atoms with Gasteiger partial charge in [-0.2, -0.15) is 15.5 Å². The summed E-state index contributed by atoms with van der Waals surface area (Å²) in [5.41, 5.74) is -0.252. The minimum Gasteiger partial charge on any atom is -0.545 e. The Morgan fingerprint density at radius 3 is 2.74 bits per heavy atom. The number of amides is 2. The second-order valence-corrected chi connectivity index (χ2v) is 6.02. The summed E-state index contributed by atoms with van der Waals surface area (Å²) in [4.78, 5) is 36.7. The van der Waals surface area contributed by atoms with Crippen molar-refractivity contribution in [2.45, 2.75) is 19.4 Å². The number of carbonyl (C=O) groups is 3. The number of nitriles is 1. The predicted molar refractivity (Wildman–Crippen MR) is 90.8 cm³/mol. The first-order valence-corrected chi connectivity index (χ1v) is 8.18. The van der Waals surface area contributed by atoms with Crippen LogP contribution in [0.15, 0.2) is 39.6 Å². The van der Waals surface area contributed by atoms with E-state index in [2.05, 4.69) is 10.2 Å². The molecule has 0 saturated carbocycles.